The van der Waals surface area contributed by atoms with Gasteiger partial charge in [0.1, 0.15) is 23.9 Å². The third-order valence-corrected chi connectivity index (χ3v) is 4.21. The normalized spacial score (nSPS) is 10.8. The third kappa shape index (κ3) is 5.32. The van der Waals surface area contributed by atoms with Crippen molar-refractivity contribution in [2.24, 2.45) is 0 Å². The molecule has 0 aliphatic rings. The fraction of sp³-hybridized carbons (Fsp3) is 0.150. The van der Waals surface area contributed by atoms with Gasteiger partial charge in [0, 0.05) is 4.47 Å². The summed E-state index contributed by atoms with van der Waals surface area (Å²) in [7, 11) is 0. The molecule has 0 saturated heterocycles. The Labute approximate surface area is 168 Å². The first-order valence-corrected chi connectivity index (χ1v) is 9.04. The summed E-state index contributed by atoms with van der Waals surface area (Å²) in [4.78, 5) is 12.4. The lowest BCUT2D eigenvalue weighted by molar-refractivity contribution is -0.0494. The summed E-state index contributed by atoms with van der Waals surface area (Å²) >= 11 is 3.34. The second kappa shape index (κ2) is 8.88. The first-order chi connectivity index (χ1) is 13.4. The molecule has 0 unspecified atom stereocenters. The van der Waals surface area contributed by atoms with Gasteiger partial charge in [-0.05, 0) is 61.0 Å². The number of hydrogen-bond donors (Lipinski definition) is 1. The van der Waals surface area contributed by atoms with E-state index >= 15 is 0 Å². The van der Waals surface area contributed by atoms with E-state index in [9.17, 15) is 13.6 Å². The van der Waals surface area contributed by atoms with Crippen LogP contribution in [0.5, 0.6) is 11.5 Å². The Morgan fingerprint density at radius 3 is 2.61 bits per heavy atom. The number of benzene rings is 2. The van der Waals surface area contributed by atoms with Crippen LogP contribution >= 0.6 is 15.9 Å². The molecule has 146 valence electrons. The number of alkyl halides is 2. The predicted molar refractivity (Wildman–Crippen MR) is 103 cm³/mol. The number of carbonyl (C=O) groups is 1. The molecule has 1 heterocycles. The number of nitrogens with one attached hydrogen (secondary N) is 1. The van der Waals surface area contributed by atoms with E-state index in [1.165, 1.54) is 18.2 Å². The summed E-state index contributed by atoms with van der Waals surface area (Å²) < 4.78 is 41.6. The molecule has 2 aromatic carbocycles. The van der Waals surface area contributed by atoms with E-state index in [1.807, 2.05) is 12.1 Å². The number of anilines is 1. The molecule has 1 amide bonds. The molecular formula is C20H16BrF2NO4. The summed E-state index contributed by atoms with van der Waals surface area (Å²) in [6.07, 6.45) is 0. The number of halogens is 3. The summed E-state index contributed by atoms with van der Waals surface area (Å²) in [6, 6.07) is 15.0. The monoisotopic (exact) mass is 451 g/mol. The molecule has 0 fully saturated rings. The number of furan rings is 1. The van der Waals surface area contributed by atoms with E-state index in [1.54, 1.807) is 31.2 Å². The van der Waals surface area contributed by atoms with Crippen molar-refractivity contribution in [3.05, 3.63) is 76.2 Å². The van der Waals surface area contributed by atoms with E-state index < -0.39 is 12.5 Å². The van der Waals surface area contributed by atoms with Crippen LogP contribution in [-0.4, -0.2) is 12.5 Å². The molecule has 0 radical (unpaired) electrons. The predicted octanol–water partition coefficient (Wildman–Crippen LogP) is 5.78. The van der Waals surface area contributed by atoms with Gasteiger partial charge in [0.25, 0.3) is 5.91 Å². The smallest absolute Gasteiger partial charge is 0.387 e. The Morgan fingerprint density at radius 2 is 1.89 bits per heavy atom. The van der Waals surface area contributed by atoms with Gasteiger partial charge in [-0.1, -0.05) is 22.0 Å². The van der Waals surface area contributed by atoms with Crippen LogP contribution in [0.4, 0.5) is 14.5 Å². The minimum Gasteiger partial charge on any atom is -0.486 e. The standard InChI is InChI=1S/C20H16BrF2NO4/c1-12-2-8-16(18(10-12)28-20(22)23)24-19(25)17-9-7-15(27-17)11-26-14-5-3-13(21)4-6-14/h2-10,20H,11H2,1H3,(H,24,25). The van der Waals surface area contributed by atoms with E-state index in [2.05, 4.69) is 26.0 Å². The quantitative estimate of drug-likeness (QED) is 0.494. The van der Waals surface area contributed by atoms with Crippen LogP contribution in [0.25, 0.3) is 0 Å². The molecule has 1 N–H and O–H groups in total. The average Bonchev–Trinajstić information content (AvgIpc) is 3.12. The molecule has 0 saturated carbocycles. The first kappa shape index (κ1) is 19.9. The van der Waals surface area contributed by atoms with Crippen LogP contribution in [0, 0.1) is 6.92 Å². The largest absolute Gasteiger partial charge is 0.486 e. The van der Waals surface area contributed by atoms with Crippen molar-refractivity contribution in [1.29, 1.82) is 0 Å². The second-order valence-electron chi connectivity index (χ2n) is 5.84. The Hall–Kier alpha value is -2.87. The Morgan fingerprint density at radius 1 is 1.14 bits per heavy atom. The lowest BCUT2D eigenvalue weighted by atomic mass is 10.2. The van der Waals surface area contributed by atoms with Crippen LogP contribution in [0.1, 0.15) is 21.9 Å². The van der Waals surface area contributed by atoms with Gasteiger partial charge in [0.05, 0.1) is 5.69 Å². The highest BCUT2D eigenvalue weighted by molar-refractivity contribution is 9.10. The van der Waals surface area contributed by atoms with Crippen LogP contribution < -0.4 is 14.8 Å². The molecule has 0 aliphatic carbocycles. The number of amides is 1. The lowest BCUT2D eigenvalue weighted by Crippen LogP contribution is -2.13. The number of rotatable bonds is 7. The Balaban J connectivity index is 1.65. The SMILES string of the molecule is Cc1ccc(NC(=O)c2ccc(COc3ccc(Br)cc3)o2)c(OC(F)F)c1. The lowest BCUT2D eigenvalue weighted by Gasteiger charge is -2.12. The topological polar surface area (TPSA) is 60.7 Å². The summed E-state index contributed by atoms with van der Waals surface area (Å²) in [5, 5.41) is 2.52. The summed E-state index contributed by atoms with van der Waals surface area (Å²) in [6.45, 7) is -1.13. The van der Waals surface area contributed by atoms with Crippen LogP contribution in [0.15, 0.2) is 63.5 Å². The molecule has 0 bridgehead atoms. The molecule has 0 aliphatic heterocycles. The minimum atomic E-state index is -3.00. The summed E-state index contributed by atoms with van der Waals surface area (Å²) in [5.74, 6) is 0.421. The van der Waals surface area contributed by atoms with Gasteiger partial charge in [0.2, 0.25) is 0 Å². The van der Waals surface area contributed by atoms with E-state index in [4.69, 9.17) is 9.15 Å². The zero-order valence-electron chi connectivity index (χ0n) is 14.7. The van der Waals surface area contributed by atoms with Crippen molar-refractivity contribution in [3.63, 3.8) is 0 Å². The van der Waals surface area contributed by atoms with Crippen molar-refractivity contribution in [3.8, 4) is 11.5 Å². The number of carbonyl (C=O) groups excluding carboxylic acids is 1. The maximum Gasteiger partial charge on any atom is 0.387 e. The highest BCUT2D eigenvalue weighted by Crippen LogP contribution is 2.28. The van der Waals surface area contributed by atoms with Gasteiger partial charge >= 0.3 is 6.61 Å². The van der Waals surface area contributed by atoms with Gasteiger partial charge < -0.3 is 19.2 Å². The van der Waals surface area contributed by atoms with Crippen molar-refractivity contribution >= 4 is 27.5 Å². The van der Waals surface area contributed by atoms with E-state index in [-0.39, 0.29) is 23.8 Å². The van der Waals surface area contributed by atoms with Crippen LogP contribution in [0.2, 0.25) is 0 Å². The van der Waals surface area contributed by atoms with Crippen LogP contribution in [0.3, 0.4) is 0 Å². The molecule has 8 heteroatoms. The van der Waals surface area contributed by atoms with Gasteiger partial charge in [-0.3, -0.25) is 4.79 Å². The number of ether oxygens (including phenoxy) is 2. The molecule has 0 spiro atoms. The highest BCUT2D eigenvalue weighted by Gasteiger charge is 2.16. The summed E-state index contributed by atoms with van der Waals surface area (Å²) in [5.41, 5.74) is 0.846. The zero-order chi connectivity index (χ0) is 20.1. The molecule has 0 atom stereocenters. The van der Waals surface area contributed by atoms with E-state index in [0.717, 1.165) is 10.0 Å². The number of aryl methyl sites for hydroxylation is 1. The second-order valence-corrected chi connectivity index (χ2v) is 6.76. The third-order valence-electron chi connectivity index (χ3n) is 3.68. The van der Waals surface area contributed by atoms with Crippen molar-refractivity contribution in [2.75, 3.05) is 5.32 Å². The maximum absolute atomic E-state index is 12.6. The Kier molecular flexibility index (Phi) is 6.30. The molecule has 28 heavy (non-hydrogen) atoms. The highest BCUT2D eigenvalue weighted by atomic mass is 79.9. The van der Waals surface area contributed by atoms with Crippen LogP contribution in [-0.2, 0) is 6.61 Å². The molecule has 3 aromatic rings. The van der Waals surface area contributed by atoms with Gasteiger partial charge in [-0.2, -0.15) is 8.78 Å². The zero-order valence-corrected chi connectivity index (χ0v) is 16.3. The minimum absolute atomic E-state index is 0.0259. The van der Waals surface area contributed by atoms with Crippen molar-refractivity contribution < 1.29 is 27.5 Å². The molecular weight excluding hydrogens is 436 g/mol. The average molecular weight is 452 g/mol. The van der Waals surface area contributed by atoms with Gasteiger partial charge in [-0.15, -0.1) is 0 Å². The first-order valence-electron chi connectivity index (χ1n) is 8.24. The number of hydrogen-bond acceptors (Lipinski definition) is 4. The maximum atomic E-state index is 12.6. The molecule has 1 aromatic heterocycles. The molecule has 5 nitrogen and oxygen atoms in total. The van der Waals surface area contributed by atoms with E-state index in [0.29, 0.717) is 11.5 Å². The van der Waals surface area contributed by atoms with Gasteiger partial charge in [0.15, 0.2) is 5.76 Å². The van der Waals surface area contributed by atoms with Crippen molar-refractivity contribution in [1.82, 2.24) is 0 Å². The fourth-order valence-electron chi connectivity index (χ4n) is 2.37. The molecule has 3 rings (SSSR count). The fourth-order valence-corrected chi connectivity index (χ4v) is 2.64. The van der Waals surface area contributed by atoms with Gasteiger partial charge in [-0.25, -0.2) is 0 Å². The van der Waals surface area contributed by atoms with Crippen molar-refractivity contribution in [2.45, 2.75) is 20.1 Å². The Bertz CT molecular complexity index is 957.